The van der Waals surface area contributed by atoms with Gasteiger partial charge in [0.05, 0.1) is 21.6 Å². The average Bonchev–Trinajstić information content (AvgIpc) is 2.94. The molecule has 4 heteroatoms. The highest BCUT2D eigenvalue weighted by atomic mass is 32.1. The molecule has 0 aliphatic carbocycles. The summed E-state index contributed by atoms with van der Waals surface area (Å²) in [5.41, 5.74) is 10.6. The number of aryl methyl sites for hydroxylation is 2. The van der Waals surface area contributed by atoms with Crippen molar-refractivity contribution < 1.29 is 0 Å². The zero-order valence-electron chi connectivity index (χ0n) is 11.2. The molecule has 0 unspecified atom stereocenters. The van der Waals surface area contributed by atoms with Gasteiger partial charge in [0.25, 0.3) is 0 Å². The lowest BCUT2D eigenvalue weighted by Crippen LogP contribution is -2.00. The van der Waals surface area contributed by atoms with Gasteiger partial charge in [-0.15, -0.1) is 11.3 Å². The summed E-state index contributed by atoms with van der Waals surface area (Å²) in [5.74, 6) is 0.987. The Morgan fingerprint density at radius 2 is 2.16 bits per heavy atom. The van der Waals surface area contributed by atoms with Gasteiger partial charge in [0, 0.05) is 6.54 Å². The summed E-state index contributed by atoms with van der Waals surface area (Å²) in [4.78, 5) is 4.79. The fraction of sp³-hybridized carbons (Fsp3) is 0.267. The summed E-state index contributed by atoms with van der Waals surface area (Å²) in [6.07, 6.45) is 1.08. The van der Waals surface area contributed by atoms with Crippen molar-refractivity contribution in [2.75, 3.05) is 5.73 Å². The van der Waals surface area contributed by atoms with Gasteiger partial charge < -0.3 is 10.3 Å². The van der Waals surface area contributed by atoms with Gasteiger partial charge in [-0.3, -0.25) is 0 Å². The molecule has 98 valence electrons. The van der Waals surface area contributed by atoms with Gasteiger partial charge >= 0.3 is 0 Å². The molecule has 0 bridgehead atoms. The van der Waals surface area contributed by atoms with E-state index >= 15 is 0 Å². The number of hydrogen-bond donors (Lipinski definition) is 1. The number of aromatic nitrogens is 2. The Labute approximate surface area is 116 Å². The van der Waals surface area contributed by atoms with Crippen molar-refractivity contribution in [3.8, 4) is 11.4 Å². The monoisotopic (exact) mass is 271 g/mol. The number of thiophene rings is 1. The van der Waals surface area contributed by atoms with Crippen LogP contribution in [0.3, 0.4) is 0 Å². The molecule has 0 fully saturated rings. The molecular weight excluding hydrogens is 254 g/mol. The lowest BCUT2D eigenvalue weighted by Gasteiger charge is -2.07. The molecule has 2 N–H and O–H groups in total. The van der Waals surface area contributed by atoms with Crippen molar-refractivity contribution in [3.63, 3.8) is 0 Å². The molecule has 2 aromatic heterocycles. The minimum atomic E-state index is 0.837. The van der Waals surface area contributed by atoms with Gasteiger partial charge in [-0.2, -0.15) is 0 Å². The second-order valence-electron chi connectivity index (χ2n) is 4.78. The van der Waals surface area contributed by atoms with Crippen LogP contribution in [0.4, 0.5) is 5.00 Å². The number of fused-ring (bicyclic) bond motifs is 1. The molecule has 3 nitrogen and oxygen atoms in total. The van der Waals surface area contributed by atoms with Crippen LogP contribution in [0.5, 0.6) is 0 Å². The number of rotatable bonds is 3. The second kappa shape index (κ2) is 4.70. The highest BCUT2D eigenvalue weighted by Crippen LogP contribution is 2.32. The first-order chi connectivity index (χ1) is 9.20. The van der Waals surface area contributed by atoms with E-state index in [-0.39, 0.29) is 0 Å². The number of anilines is 1. The van der Waals surface area contributed by atoms with Crippen LogP contribution >= 0.6 is 11.3 Å². The summed E-state index contributed by atoms with van der Waals surface area (Å²) in [6, 6.07) is 8.48. The summed E-state index contributed by atoms with van der Waals surface area (Å²) < 4.78 is 2.27. The fourth-order valence-electron chi connectivity index (χ4n) is 2.40. The maximum Gasteiger partial charge on any atom is 0.144 e. The minimum absolute atomic E-state index is 0.837. The summed E-state index contributed by atoms with van der Waals surface area (Å²) >= 11 is 1.56. The summed E-state index contributed by atoms with van der Waals surface area (Å²) in [7, 11) is 0. The van der Waals surface area contributed by atoms with Crippen LogP contribution in [0.1, 0.15) is 18.9 Å². The smallest absolute Gasteiger partial charge is 0.144 e. The van der Waals surface area contributed by atoms with Gasteiger partial charge in [0.1, 0.15) is 5.82 Å². The molecule has 0 aliphatic rings. The maximum absolute atomic E-state index is 6.05. The molecule has 1 aromatic carbocycles. The van der Waals surface area contributed by atoms with Crippen molar-refractivity contribution in [2.24, 2.45) is 0 Å². The van der Waals surface area contributed by atoms with Gasteiger partial charge in [-0.05, 0) is 42.5 Å². The lowest BCUT2D eigenvalue weighted by atomic mass is 10.2. The predicted molar refractivity (Wildman–Crippen MR) is 82.5 cm³/mol. The van der Waals surface area contributed by atoms with Gasteiger partial charge in [0.2, 0.25) is 0 Å². The molecule has 2 heterocycles. The van der Waals surface area contributed by atoms with E-state index in [1.807, 2.05) is 5.38 Å². The normalized spacial score (nSPS) is 11.3. The first-order valence-corrected chi connectivity index (χ1v) is 7.39. The van der Waals surface area contributed by atoms with Crippen molar-refractivity contribution in [1.82, 2.24) is 9.55 Å². The third-order valence-corrected chi connectivity index (χ3v) is 4.03. The van der Waals surface area contributed by atoms with Crippen LogP contribution in [0.15, 0.2) is 29.6 Å². The zero-order valence-corrected chi connectivity index (χ0v) is 12.0. The van der Waals surface area contributed by atoms with E-state index in [4.69, 9.17) is 10.7 Å². The zero-order chi connectivity index (χ0) is 13.4. The van der Waals surface area contributed by atoms with E-state index in [1.165, 1.54) is 11.1 Å². The van der Waals surface area contributed by atoms with E-state index in [1.54, 1.807) is 11.3 Å². The maximum atomic E-state index is 6.05. The Bertz CT molecular complexity index is 724. The Morgan fingerprint density at radius 3 is 2.84 bits per heavy atom. The molecule has 0 amide bonds. The second-order valence-corrected chi connectivity index (χ2v) is 5.73. The number of imidazole rings is 1. The first-order valence-electron chi connectivity index (χ1n) is 6.51. The standard InChI is InChI=1S/C15H17N3S/c1-3-7-18-13-5-4-10(2)9-12(13)17-15(18)11-6-8-19-14(11)16/h4-6,8-9H,3,7,16H2,1-2H3. The molecule has 3 aromatic rings. The molecule has 0 radical (unpaired) electrons. The highest BCUT2D eigenvalue weighted by Gasteiger charge is 2.14. The number of nitrogens with zero attached hydrogens (tertiary/aromatic N) is 2. The van der Waals surface area contributed by atoms with Crippen LogP contribution in [-0.4, -0.2) is 9.55 Å². The van der Waals surface area contributed by atoms with Crippen LogP contribution < -0.4 is 5.73 Å². The average molecular weight is 271 g/mol. The van der Waals surface area contributed by atoms with Gasteiger partial charge in [-0.25, -0.2) is 4.98 Å². The highest BCUT2D eigenvalue weighted by molar-refractivity contribution is 7.14. The topological polar surface area (TPSA) is 43.8 Å². The summed E-state index contributed by atoms with van der Waals surface area (Å²) in [5, 5.41) is 2.86. The predicted octanol–water partition coefficient (Wildman–Crippen LogP) is 4.07. The number of nitrogens with two attached hydrogens (primary N) is 1. The third kappa shape index (κ3) is 2.02. The molecule has 0 spiro atoms. The Morgan fingerprint density at radius 1 is 1.32 bits per heavy atom. The lowest BCUT2D eigenvalue weighted by molar-refractivity contribution is 0.704. The fourth-order valence-corrected chi connectivity index (χ4v) is 3.04. The van der Waals surface area contributed by atoms with Gasteiger partial charge in [-0.1, -0.05) is 13.0 Å². The van der Waals surface area contributed by atoms with Crippen LogP contribution in [0.25, 0.3) is 22.4 Å². The van der Waals surface area contributed by atoms with Crippen LogP contribution in [-0.2, 0) is 6.54 Å². The van der Waals surface area contributed by atoms with E-state index in [9.17, 15) is 0 Å². The largest absolute Gasteiger partial charge is 0.390 e. The Hall–Kier alpha value is -1.81. The molecule has 0 saturated carbocycles. The quantitative estimate of drug-likeness (QED) is 0.780. The van der Waals surface area contributed by atoms with E-state index in [0.717, 1.165) is 34.9 Å². The molecule has 0 saturated heterocycles. The number of hydrogen-bond acceptors (Lipinski definition) is 3. The van der Waals surface area contributed by atoms with Crippen molar-refractivity contribution in [2.45, 2.75) is 26.8 Å². The molecule has 19 heavy (non-hydrogen) atoms. The Kier molecular flexibility index (Phi) is 3.03. The molecule has 0 aliphatic heterocycles. The van der Waals surface area contributed by atoms with Crippen molar-refractivity contribution in [3.05, 3.63) is 35.2 Å². The van der Waals surface area contributed by atoms with Crippen molar-refractivity contribution >= 4 is 27.4 Å². The third-order valence-electron chi connectivity index (χ3n) is 3.29. The van der Waals surface area contributed by atoms with Crippen LogP contribution in [0.2, 0.25) is 0 Å². The van der Waals surface area contributed by atoms with Crippen molar-refractivity contribution in [1.29, 1.82) is 0 Å². The first kappa shape index (κ1) is 12.2. The van der Waals surface area contributed by atoms with E-state index < -0.39 is 0 Å². The SMILES string of the molecule is CCCn1c(-c2ccsc2N)nc2cc(C)ccc21. The van der Waals surface area contributed by atoms with E-state index in [0.29, 0.717) is 0 Å². The molecule has 3 rings (SSSR count). The number of benzene rings is 1. The molecule has 0 atom stereocenters. The Balaban J connectivity index is 2.28. The molecular formula is C15H17N3S. The van der Waals surface area contributed by atoms with Gasteiger partial charge in [0.15, 0.2) is 0 Å². The minimum Gasteiger partial charge on any atom is -0.390 e. The number of nitrogen functional groups attached to an aromatic ring is 1. The summed E-state index contributed by atoms with van der Waals surface area (Å²) in [6.45, 7) is 5.24. The van der Waals surface area contributed by atoms with Crippen LogP contribution in [0, 0.1) is 6.92 Å². The van der Waals surface area contributed by atoms with E-state index in [2.05, 4.69) is 42.7 Å².